The lowest BCUT2D eigenvalue weighted by molar-refractivity contribution is -0.122. The first kappa shape index (κ1) is 22.4. The normalized spacial score (nSPS) is 11.4. The zero-order valence-electron chi connectivity index (χ0n) is 14.3. The van der Waals surface area contributed by atoms with Crippen LogP contribution in [-0.2, 0) is 9.59 Å². The van der Waals surface area contributed by atoms with E-state index in [1.807, 2.05) is 6.92 Å². The van der Waals surface area contributed by atoms with E-state index in [1.54, 1.807) is 0 Å². The molecule has 0 saturated carbocycles. The van der Waals surface area contributed by atoms with Gasteiger partial charge in [0.1, 0.15) is 5.78 Å². The number of hydrogen-bond acceptors (Lipinski definition) is 4. The van der Waals surface area contributed by atoms with Crippen LogP contribution in [0.5, 0.6) is 0 Å². The van der Waals surface area contributed by atoms with E-state index in [4.69, 9.17) is 0 Å². The molecule has 0 aromatic carbocycles. The van der Waals surface area contributed by atoms with E-state index >= 15 is 0 Å². The van der Waals surface area contributed by atoms with Crippen molar-refractivity contribution in [1.82, 2.24) is 5.32 Å². The maximum atomic E-state index is 11.7. The van der Waals surface area contributed by atoms with E-state index < -0.39 is 0 Å². The Kier molecular flexibility index (Phi) is 15.8. The Hall–Kier alpha value is -0.600. The molecular formula is C18H31NO2S2. The van der Waals surface area contributed by atoms with Crippen LogP contribution in [0.3, 0.4) is 0 Å². The first-order chi connectivity index (χ1) is 11.1. The maximum absolute atomic E-state index is 11.7. The molecule has 0 aromatic heterocycles. The van der Waals surface area contributed by atoms with Gasteiger partial charge in [-0.2, -0.15) is 25.3 Å². The van der Waals surface area contributed by atoms with Gasteiger partial charge in [0.2, 0.25) is 5.91 Å². The second-order valence-corrected chi connectivity index (χ2v) is 6.86. The topological polar surface area (TPSA) is 46.2 Å². The second-order valence-electron chi connectivity index (χ2n) is 5.68. The molecule has 0 aromatic rings. The first-order valence-electron chi connectivity index (χ1n) is 8.57. The molecule has 0 aliphatic rings. The molecule has 0 radical (unpaired) electrons. The number of nitrogens with one attached hydrogen (secondary N) is 1. The molecule has 0 saturated heterocycles. The lowest BCUT2D eigenvalue weighted by Crippen LogP contribution is -2.24. The van der Waals surface area contributed by atoms with Crippen LogP contribution in [0.15, 0.2) is 0 Å². The van der Waals surface area contributed by atoms with Gasteiger partial charge in [0, 0.05) is 37.5 Å². The highest BCUT2D eigenvalue weighted by atomic mass is 32.1. The van der Waals surface area contributed by atoms with E-state index in [2.05, 4.69) is 42.4 Å². The summed E-state index contributed by atoms with van der Waals surface area (Å²) in [6, 6.07) is 0. The van der Waals surface area contributed by atoms with Crippen molar-refractivity contribution in [3.8, 4) is 11.8 Å². The molecular weight excluding hydrogens is 326 g/mol. The first-order valence-corrected chi connectivity index (χ1v) is 9.72. The molecule has 0 heterocycles. The summed E-state index contributed by atoms with van der Waals surface area (Å²) in [6.07, 6.45) is 8.03. The summed E-state index contributed by atoms with van der Waals surface area (Å²) in [5, 5.41) is 3.28. The minimum absolute atomic E-state index is 0.0839. The quantitative estimate of drug-likeness (QED) is 0.251. The van der Waals surface area contributed by atoms with Gasteiger partial charge in [-0.25, -0.2) is 0 Å². The van der Waals surface area contributed by atoms with E-state index in [-0.39, 0.29) is 11.7 Å². The van der Waals surface area contributed by atoms with Crippen molar-refractivity contribution in [1.29, 1.82) is 0 Å². The fraction of sp³-hybridized carbons (Fsp3) is 0.778. The standard InChI is InChI=1S/C18H31NO2S2/c1-2-3-4-5-9-16(20)10-8-14-19-18(21)12-7-6-11-17(23)13-15-22/h17,22-23H,4-15H2,1H3,(H,19,21). The van der Waals surface area contributed by atoms with Crippen molar-refractivity contribution in [2.45, 2.75) is 76.4 Å². The van der Waals surface area contributed by atoms with Gasteiger partial charge >= 0.3 is 0 Å². The van der Waals surface area contributed by atoms with Crippen molar-refractivity contribution < 1.29 is 9.59 Å². The van der Waals surface area contributed by atoms with Crippen LogP contribution in [-0.4, -0.2) is 29.2 Å². The van der Waals surface area contributed by atoms with Crippen LogP contribution >= 0.6 is 25.3 Å². The van der Waals surface area contributed by atoms with Gasteiger partial charge in [-0.3, -0.25) is 9.59 Å². The molecule has 3 nitrogen and oxygen atoms in total. The third-order valence-corrected chi connectivity index (χ3v) is 4.32. The lowest BCUT2D eigenvalue weighted by atomic mass is 10.1. The van der Waals surface area contributed by atoms with Crippen LogP contribution in [0.4, 0.5) is 0 Å². The molecule has 5 heteroatoms. The van der Waals surface area contributed by atoms with Crippen molar-refractivity contribution in [3.63, 3.8) is 0 Å². The summed E-state index contributed by atoms with van der Waals surface area (Å²) in [5.74, 6) is 6.99. The summed E-state index contributed by atoms with van der Waals surface area (Å²) >= 11 is 8.65. The van der Waals surface area contributed by atoms with Gasteiger partial charge < -0.3 is 5.32 Å². The molecule has 0 bridgehead atoms. The number of hydrogen-bond donors (Lipinski definition) is 3. The van der Waals surface area contributed by atoms with Crippen LogP contribution in [0.2, 0.25) is 0 Å². The highest BCUT2D eigenvalue weighted by Crippen LogP contribution is 2.12. The third kappa shape index (κ3) is 16.1. The number of thiol groups is 2. The largest absolute Gasteiger partial charge is 0.356 e. The average Bonchev–Trinajstić information content (AvgIpc) is 2.52. The average molecular weight is 358 g/mol. The van der Waals surface area contributed by atoms with Crippen LogP contribution < -0.4 is 5.32 Å². The summed E-state index contributed by atoms with van der Waals surface area (Å²) in [5.41, 5.74) is 0. The Labute approximate surface area is 152 Å². The highest BCUT2D eigenvalue weighted by molar-refractivity contribution is 7.81. The van der Waals surface area contributed by atoms with Crippen molar-refractivity contribution in [2.75, 3.05) is 12.3 Å². The number of unbranched alkanes of at least 4 members (excludes halogenated alkanes) is 2. The van der Waals surface area contributed by atoms with Crippen LogP contribution in [0, 0.1) is 11.8 Å². The zero-order chi connectivity index (χ0) is 17.3. The fourth-order valence-electron chi connectivity index (χ4n) is 2.18. The van der Waals surface area contributed by atoms with Crippen LogP contribution in [0.1, 0.15) is 71.1 Å². The van der Waals surface area contributed by atoms with Crippen LogP contribution in [0.25, 0.3) is 0 Å². The predicted octanol–water partition coefficient (Wildman–Crippen LogP) is 3.82. The molecule has 1 atom stereocenters. The van der Waals surface area contributed by atoms with E-state index in [1.165, 1.54) is 0 Å². The Morgan fingerprint density at radius 1 is 1.04 bits per heavy atom. The van der Waals surface area contributed by atoms with Crippen molar-refractivity contribution in [2.24, 2.45) is 0 Å². The minimum Gasteiger partial charge on any atom is -0.356 e. The number of rotatable bonds is 14. The SMILES string of the molecule is CC#CCCCC(=O)CCCNC(=O)CCCCC(S)CCS. The van der Waals surface area contributed by atoms with E-state index in [0.717, 1.165) is 50.7 Å². The smallest absolute Gasteiger partial charge is 0.219 e. The number of carbonyl (C=O) groups is 2. The number of ketones is 1. The van der Waals surface area contributed by atoms with Gasteiger partial charge in [-0.05, 0) is 44.8 Å². The van der Waals surface area contributed by atoms with Gasteiger partial charge in [0.15, 0.2) is 0 Å². The van der Waals surface area contributed by atoms with Crippen molar-refractivity contribution in [3.05, 3.63) is 0 Å². The Bertz CT molecular complexity index is 388. The van der Waals surface area contributed by atoms with Gasteiger partial charge in [0.25, 0.3) is 0 Å². The second kappa shape index (κ2) is 16.3. The fourth-order valence-corrected chi connectivity index (χ4v) is 3.01. The molecule has 1 N–H and O–H groups in total. The molecule has 23 heavy (non-hydrogen) atoms. The molecule has 1 unspecified atom stereocenters. The summed E-state index contributed by atoms with van der Waals surface area (Å²) < 4.78 is 0. The molecule has 0 aliphatic carbocycles. The molecule has 132 valence electrons. The van der Waals surface area contributed by atoms with E-state index in [0.29, 0.717) is 31.1 Å². The summed E-state index contributed by atoms with van der Waals surface area (Å²) in [7, 11) is 0. The van der Waals surface area contributed by atoms with Gasteiger partial charge in [-0.15, -0.1) is 11.8 Å². The predicted molar refractivity (Wildman–Crippen MR) is 104 cm³/mol. The summed E-state index contributed by atoms with van der Waals surface area (Å²) in [6.45, 7) is 2.40. The number of amides is 1. The minimum atomic E-state index is 0.0839. The molecule has 0 aliphatic heterocycles. The number of carbonyl (C=O) groups excluding carboxylic acids is 2. The molecule has 0 fully saturated rings. The van der Waals surface area contributed by atoms with Gasteiger partial charge in [-0.1, -0.05) is 6.42 Å². The van der Waals surface area contributed by atoms with Gasteiger partial charge in [0.05, 0.1) is 0 Å². The summed E-state index contributed by atoms with van der Waals surface area (Å²) in [4.78, 5) is 23.3. The molecule has 1 amide bonds. The third-order valence-electron chi connectivity index (χ3n) is 3.54. The monoisotopic (exact) mass is 357 g/mol. The maximum Gasteiger partial charge on any atom is 0.219 e. The number of Topliss-reactive ketones (excluding diaryl/α,β-unsaturated/α-hetero) is 1. The highest BCUT2D eigenvalue weighted by Gasteiger charge is 2.05. The molecule has 0 rings (SSSR count). The Balaban J connectivity index is 3.45. The van der Waals surface area contributed by atoms with Crippen molar-refractivity contribution >= 4 is 36.9 Å². The zero-order valence-corrected chi connectivity index (χ0v) is 16.1. The Morgan fingerprint density at radius 2 is 1.78 bits per heavy atom. The Morgan fingerprint density at radius 3 is 2.48 bits per heavy atom. The lowest BCUT2D eigenvalue weighted by Gasteiger charge is -2.08. The molecule has 0 spiro atoms. The van der Waals surface area contributed by atoms with E-state index in [9.17, 15) is 9.59 Å².